The molecule has 0 saturated carbocycles. The summed E-state index contributed by atoms with van der Waals surface area (Å²) in [5, 5.41) is 8.94. The highest BCUT2D eigenvalue weighted by atomic mass is 32.3. The first kappa shape index (κ1) is 26.0. The number of carbonyl (C=O) groups is 1. The number of amides is 2. The van der Waals surface area contributed by atoms with Crippen LogP contribution in [0.25, 0.3) is 5.70 Å². The molecule has 2 aromatic rings. The lowest BCUT2D eigenvalue weighted by Gasteiger charge is -2.35. The van der Waals surface area contributed by atoms with Gasteiger partial charge < -0.3 is 9.33 Å². The van der Waals surface area contributed by atoms with E-state index in [2.05, 4.69) is 53.4 Å². The minimum absolute atomic E-state index is 0.0816. The summed E-state index contributed by atoms with van der Waals surface area (Å²) in [6.45, 7) is 11.6. The Morgan fingerprint density at radius 1 is 1.21 bits per heavy atom. The molecule has 12 nitrogen and oxygen atoms in total. The summed E-state index contributed by atoms with van der Waals surface area (Å²) in [4.78, 5) is 17.4. The Bertz CT molecular complexity index is 1110. The molecule has 1 N–H and O–H groups in total. The minimum Gasteiger partial charge on any atom is -0.411 e. The van der Waals surface area contributed by atoms with Gasteiger partial charge in [-0.1, -0.05) is 32.1 Å². The van der Waals surface area contributed by atoms with E-state index in [4.69, 9.17) is 8.98 Å². The maximum Gasteiger partial charge on any atom is 0.418 e. The van der Waals surface area contributed by atoms with Gasteiger partial charge >= 0.3 is 16.4 Å². The van der Waals surface area contributed by atoms with Crippen molar-refractivity contribution in [3.8, 4) is 0 Å². The monoisotopic (exact) mass is 510 g/mol. The van der Waals surface area contributed by atoms with Crippen LogP contribution in [0, 0.1) is 0 Å². The minimum atomic E-state index is -4.79. The number of carbonyl (C=O) groups excluding carboxylic acids is 1. The normalized spacial score (nSPS) is 18.5. The molecule has 0 aliphatic carbocycles. The summed E-state index contributed by atoms with van der Waals surface area (Å²) in [5.74, 6) is 0. The average molecular weight is 511 g/mol. The Balaban J connectivity index is 0.000000469. The molecule has 2 aliphatic rings. The lowest BCUT2D eigenvalue weighted by Crippen LogP contribution is -2.40. The molecule has 0 aromatic carbocycles. The second-order valence-electron chi connectivity index (χ2n) is 9.44. The topological polar surface area (TPSA) is 140 Å². The van der Waals surface area contributed by atoms with Crippen molar-refractivity contribution in [3.05, 3.63) is 48.6 Å². The van der Waals surface area contributed by atoms with Crippen LogP contribution in [0.5, 0.6) is 0 Å². The van der Waals surface area contributed by atoms with Crippen molar-refractivity contribution >= 4 is 30.4 Å². The molecule has 4 rings (SSSR count). The molecule has 14 heteroatoms. The second kappa shape index (κ2) is 9.91. The van der Waals surface area contributed by atoms with Gasteiger partial charge in [-0.2, -0.15) is 13.5 Å². The number of fused-ring (bicyclic) bond motifs is 2. The molecule has 1 unspecified atom stereocenters. The van der Waals surface area contributed by atoms with Crippen molar-refractivity contribution < 1.29 is 26.5 Å². The third kappa shape index (κ3) is 6.48. The maximum absolute atomic E-state index is 12.2. The molecule has 0 spiro atoms. The highest BCUT2D eigenvalue weighted by Gasteiger charge is 2.43. The summed E-state index contributed by atoms with van der Waals surface area (Å²) in [7, 11) is -6.71. The van der Waals surface area contributed by atoms with Crippen molar-refractivity contribution in [1.82, 2.24) is 29.9 Å². The molecule has 2 amide bonds. The molecule has 186 valence electrons. The third-order valence-electron chi connectivity index (χ3n) is 5.87. The Kier molecular flexibility index (Phi) is 7.57. The van der Waals surface area contributed by atoms with Gasteiger partial charge in [0.25, 0.3) is 0 Å². The number of hydroxylamine groups is 2. The third-order valence-corrected chi connectivity index (χ3v) is 10.7. The van der Waals surface area contributed by atoms with Crippen LogP contribution in [0.15, 0.2) is 42.9 Å². The fraction of sp³-hybridized carbons (Fsp3) is 0.500. The van der Waals surface area contributed by atoms with Crippen LogP contribution in [0.2, 0.25) is 18.1 Å². The first-order chi connectivity index (χ1) is 15.8. The zero-order valence-corrected chi connectivity index (χ0v) is 21.6. The SMILES string of the molecule is CC(C)(C)[Si](C)(C)OCc1cn(C2=CC3CN(C2)C(=O)N3OS(=O)(=O)O)nn1.c1ccncc1. The summed E-state index contributed by atoms with van der Waals surface area (Å²) < 4.78 is 42.8. The Hall–Kier alpha value is -2.65. The number of hydrogen-bond acceptors (Lipinski definition) is 8. The quantitative estimate of drug-likeness (QED) is 0.458. The molecular formula is C20H30N6O6SSi. The molecule has 2 bridgehead atoms. The molecule has 0 radical (unpaired) electrons. The van der Waals surface area contributed by atoms with Gasteiger partial charge in [0.2, 0.25) is 0 Å². The van der Waals surface area contributed by atoms with Crippen LogP contribution in [0.4, 0.5) is 4.79 Å². The number of aromatic nitrogens is 4. The van der Waals surface area contributed by atoms with Crippen LogP contribution >= 0.6 is 0 Å². The fourth-order valence-corrected chi connectivity index (χ4v) is 4.33. The molecule has 1 saturated heterocycles. The largest absolute Gasteiger partial charge is 0.418 e. The zero-order chi connectivity index (χ0) is 25.1. The molecule has 1 atom stereocenters. The molecule has 1 fully saturated rings. The van der Waals surface area contributed by atoms with E-state index >= 15 is 0 Å². The van der Waals surface area contributed by atoms with E-state index in [9.17, 15) is 13.2 Å². The Morgan fingerprint density at radius 2 is 1.88 bits per heavy atom. The number of hydrogen-bond donors (Lipinski definition) is 1. The zero-order valence-electron chi connectivity index (χ0n) is 19.8. The van der Waals surface area contributed by atoms with Crippen molar-refractivity contribution in [2.45, 2.75) is 51.6 Å². The van der Waals surface area contributed by atoms with E-state index in [0.717, 1.165) is 0 Å². The van der Waals surface area contributed by atoms with Gasteiger partial charge in [0.15, 0.2) is 8.32 Å². The van der Waals surface area contributed by atoms with Crippen LogP contribution < -0.4 is 0 Å². The van der Waals surface area contributed by atoms with Crippen molar-refractivity contribution in [1.29, 1.82) is 0 Å². The van der Waals surface area contributed by atoms with Gasteiger partial charge in [-0.15, -0.1) is 9.38 Å². The van der Waals surface area contributed by atoms with Crippen LogP contribution in [0.1, 0.15) is 26.5 Å². The summed E-state index contributed by atoms with van der Waals surface area (Å²) >= 11 is 0. The molecule has 4 heterocycles. The van der Waals surface area contributed by atoms with Gasteiger partial charge in [-0.05, 0) is 36.3 Å². The van der Waals surface area contributed by atoms with Crippen molar-refractivity contribution in [2.75, 3.05) is 13.1 Å². The average Bonchev–Trinajstić information content (AvgIpc) is 3.32. The van der Waals surface area contributed by atoms with Gasteiger partial charge in [-0.25, -0.2) is 9.48 Å². The van der Waals surface area contributed by atoms with E-state index in [0.29, 0.717) is 23.1 Å². The molecule has 2 aromatic heterocycles. The Morgan fingerprint density at radius 3 is 2.41 bits per heavy atom. The molecule has 34 heavy (non-hydrogen) atoms. The summed E-state index contributed by atoms with van der Waals surface area (Å²) in [6.07, 6.45) is 6.89. The number of urea groups is 1. The summed E-state index contributed by atoms with van der Waals surface area (Å²) in [5.41, 5.74) is 1.31. The van der Waals surface area contributed by atoms with Crippen molar-refractivity contribution in [3.63, 3.8) is 0 Å². The smallest absolute Gasteiger partial charge is 0.411 e. The predicted octanol–water partition coefficient (Wildman–Crippen LogP) is 2.58. The standard InChI is InChI=1S/C15H25N5O6SSi.C5H5N/c1-15(2,3)28(4,5)25-10-11-7-19(17-16-11)12-6-13-9-18(8-12)14(21)20(13)26-27(22,23)24;1-2-4-6-5-3-1/h6-7,13H,8-10H2,1-5H3,(H,22,23,24);1-5H. The highest BCUT2D eigenvalue weighted by molar-refractivity contribution is 7.80. The summed E-state index contributed by atoms with van der Waals surface area (Å²) in [6, 6.07) is 4.41. The second-order valence-corrected chi connectivity index (χ2v) is 15.3. The van der Waals surface area contributed by atoms with Crippen molar-refractivity contribution in [2.24, 2.45) is 0 Å². The van der Waals surface area contributed by atoms with E-state index in [-0.39, 0.29) is 18.1 Å². The first-order valence-corrected chi connectivity index (χ1v) is 14.9. The molecule has 2 aliphatic heterocycles. The number of rotatable bonds is 6. The van der Waals surface area contributed by atoms with Gasteiger partial charge in [0.1, 0.15) is 11.7 Å². The van der Waals surface area contributed by atoms with E-state index in [1.807, 2.05) is 18.2 Å². The van der Waals surface area contributed by atoms with Gasteiger partial charge in [0, 0.05) is 18.9 Å². The molecular weight excluding hydrogens is 480 g/mol. The van der Waals surface area contributed by atoms with E-state index in [1.165, 1.54) is 9.58 Å². The van der Waals surface area contributed by atoms with Crippen LogP contribution in [-0.4, -0.2) is 76.4 Å². The van der Waals surface area contributed by atoms with E-state index < -0.39 is 30.8 Å². The first-order valence-electron chi connectivity index (χ1n) is 10.6. The van der Waals surface area contributed by atoms with Gasteiger partial charge in [0.05, 0.1) is 25.0 Å². The maximum atomic E-state index is 12.2. The lowest BCUT2D eigenvalue weighted by atomic mass is 10.2. The Labute approximate surface area is 200 Å². The van der Waals surface area contributed by atoms with Gasteiger partial charge in [-0.3, -0.25) is 9.54 Å². The van der Waals surface area contributed by atoms with Crippen LogP contribution in [0.3, 0.4) is 0 Å². The predicted molar refractivity (Wildman–Crippen MR) is 126 cm³/mol. The van der Waals surface area contributed by atoms with E-state index in [1.54, 1.807) is 24.7 Å². The number of nitrogens with zero attached hydrogens (tertiary/aromatic N) is 6. The van der Waals surface area contributed by atoms with Crippen LogP contribution in [-0.2, 0) is 25.7 Å². The fourth-order valence-electron chi connectivity index (χ4n) is 3.01. The highest BCUT2D eigenvalue weighted by Crippen LogP contribution is 2.37. The lowest BCUT2D eigenvalue weighted by molar-refractivity contribution is -0.0183. The number of pyridine rings is 1.